The first-order chi connectivity index (χ1) is 9.54. The standard InChI is InChI=1S/C15H16FN3O/c1-19(10-11-5-7-13(17)8-6-11)15(20)18-14-4-2-3-12(16)9-14/h2-9H,10,17H2,1H3,(H,18,20). The van der Waals surface area contributed by atoms with Crippen LogP contribution in [-0.2, 0) is 6.54 Å². The van der Waals surface area contributed by atoms with E-state index in [1.807, 2.05) is 12.1 Å². The van der Waals surface area contributed by atoms with Crippen LogP contribution in [0.2, 0.25) is 0 Å². The third-order valence-corrected chi connectivity index (χ3v) is 2.82. The van der Waals surface area contributed by atoms with E-state index in [4.69, 9.17) is 5.73 Å². The Hall–Kier alpha value is -2.56. The fourth-order valence-electron chi connectivity index (χ4n) is 1.75. The molecule has 0 bridgehead atoms. The molecule has 5 heteroatoms. The maximum Gasteiger partial charge on any atom is 0.321 e. The molecule has 0 unspecified atom stereocenters. The number of benzene rings is 2. The van der Waals surface area contributed by atoms with Gasteiger partial charge in [0, 0.05) is 25.0 Å². The number of hydrogen-bond acceptors (Lipinski definition) is 2. The molecule has 0 aliphatic carbocycles. The van der Waals surface area contributed by atoms with E-state index in [9.17, 15) is 9.18 Å². The number of anilines is 2. The summed E-state index contributed by atoms with van der Waals surface area (Å²) in [6.07, 6.45) is 0. The van der Waals surface area contributed by atoms with Crippen LogP contribution in [0.5, 0.6) is 0 Å². The largest absolute Gasteiger partial charge is 0.399 e. The fraction of sp³-hybridized carbons (Fsp3) is 0.133. The van der Waals surface area contributed by atoms with Gasteiger partial charge >= 0.3 is 6.03 Å². The number of nitrogen functional groups attached to an aromatic ring is 1. The van der Waals surface area contributed by atoms with Crippen molar-refractivity contribution in [2.75, 3.05) is 18.1 Å². The summed E-state index contributed by atoms with van der Waals surface area (Å²) in [4.78, 5) is 13.5. The quantitative estimate of drug-likeness (QED) is 0.844. The summed E-state index contributed by atoms with van der Waals surface area (Å²) in [5.41, 5.74) is 7.68. The predicted octanol–water partition coefficient (Wildman–Crippen LogP) is 3.07. The Morgan fingerprint density at radius 1 is 1.25 bits per heavy atom. The number of amides is 2. The van der Waals surface area contributed by atoms with Gasteiger partial charge in [-0.05, 0) is 35.9 Å². The van der Waals surface area contributed by atoms with Crippen LogP contribution in [0.1, 0.15) is 5.56 Å². The zero-order valence-electron chi connectivity index (χ0n) is 11.1. The highest BCUT2D eigenvalue weighted by molar-refractivity contribution is 5.89. The van der Waals surface area contributed by atoms with E-state index in [-0.39, 0.29) is 11.8 Å². The highest BCUT2D eigenvalue weighted by atomic mass is 19.1. The molecule has 0 aliphatic rings. The molecular weight excluding hydrogens is 257 g/mol. The lowest BCUT2D eigenvalue weighted by Gasteiger charge is -2.18. The van der Waals surface area contributed by atoms with Gasteiger partial charge in [0.2, 0.25) is 0 Å². The van der Waals surface area contributed by atoms with Crippen LogP contribution in [0.3, 0.4) is 0 Å². The van der Waals surface area contributed by atoms with Gasteiger partial charge < -0.3 is 16.0 Å². The van der Waals surface area contributed by atoms with E-state index in [0.717, 1.165) is 5.56 Å². The molecule has 0 aliphatic heterocycles. The summed E-state index contributed by atoms with van der Waals surface area (Å²) in [6, 6.07) is 12.8. The molecule has 2 amide bonds. The number of halogens is 1. The first-order valence-corrected chi connectivity index (χ1v) is 6.17. The van der Waals surface area contributed by atoms with Crippen molar-refractivity contribution in [1.29, 1.82) is 0 Å². The van der Waals surface area contributed by atoms with E-state index >= 15 is 0 Å². The molecule has 0 atom stereocenters. The fourth-order valence-corrected chi connectivity index (χ4v) is 1.75. The van der Waals surface area contributed by atoms with Crippen LogP contribution in [0, 0.1) is 5.82 Å². The molecule has 104 valence electrons. The maximum absolute atomic E-state index is 13.0. The average molecular weight is 273 g/mol. The van der Waals surface area contributed by atoms with Crippen LogP contribution >= 0.6 is 0 Å². The van der Waals surface area contributed by atoms with E-state index in [1.165, 1.54) is 17.0 Å². The molecule has 0 radical (unpaired) electrons. The Bertz CT molecular complexity index is 598. The smallest absolute Gasteiger partial charge is 0.321 e. The lowest BCUT2D eigenvalue weighted by molar-refractivity contribution is 0.220. The Balaban J connectivity index is 1.96. The SMILES string of the molecule is CN(Cc1ccc(N)cc1)C(=O)Nc1cccc(F)c1. The number of carbonyl (C=O) groups is 1. The zero-order chi connectivity index (χ0) is 14.5. The molecule has 0 saturated heterocycles. The summed E-state index contributed by atoms with van der Waals surface area (Å²) in [6.45, 7) is 0.446. The molecule has 0 saturated carbocycles. The second-order valence-electron chi connectivity index (χ2n) is 4.54. The third-order valence-electron chi connectivity index (χ3n) is 2.82. The number of urea groups is 1. The minimum Gasteiger partial charge on any atom is -0.399 e. The molecule has 4 nitrogen and oxygen atoms in total. The van der Waals surface area contributed by atoms with Gasteiger partial charge in [-0.15, -0.1) is 0 Å². The van der Waals surface area contributed by atoms with Crippen molar-refractivity contribution in [2.45, 2.75) is 6.54 Å². The second kappa shape index (κ2) is 6.06. The molecule has 0 fully saturated rings. The number of nitrogens with one attached hydrogen (secondary N) is 1. The van der Waals surface area contributed by atoms with Crippen molar-refractivity contribution in [3.05, 3.63) is 59.9 Å². The average Bonchev–Trinajstić information content (AvgIpc) is 2.41. The van der Waals surface area contributed by atoms with Gasteiger partial charge in [0.1, 0.15) is 5.82 Å². The Morgan fingerprint density at radius 2 is 1.95 bits per heavy atom. The molecule has 0 aromatic heterocycles. The van der Waals surface area contributed by atoms with Crippen LogP contribution in [0.4, 0.5) is 20.6 Å². The van der Waals surface area contributed by atoms with Gasteiger partial charge in [-0.2, -0.15) is 0 Å². The summed E-state index contributed by atoms with van der Waals surface area (Å²) in [5, 5.41) is 2.64. The normalized spacial score (nSPS) is 10.1. The van der Waals surface area contributed by atoms with Gasteiger partial charge in [-0.1, -0.05) is 18.2 Å². The maximum atomic E-state index is 13.0. The monoisotopic (exact) mass is 273 g/mol. The Kier molecular flexibility index (Phi) is 4.20. The van der Waals surface area contributed by atoms with Gasteiger partial charge in [0.25, 0.3) is 0 Å². The topological polar surface area (TPSA) is 58.4 Å². The number of rotatable bonds is 3. The highest BCUT2D eigenvalue weighted by Crippen LogP contribution is 2.11. The summed E-state index contributed by atoms with van der Waals surface area (Å²) in [7, 11) is 1.67. The van der Waals surface area contributed by atoms with Gasteiger partial charge in [-0.25, -0.2) is 9.18 Å². The van der Waals surface area contributed by atoms with E-state index in [2.05, 4.69) is 5.32 Å². The van der Waals surface area contributed by atoms with Crippen LogP contribution in [-0.4, -0.2) is 18.0 Å². The zero-order valence-corrected chi connectivity index (χ0v) is 11.1. The van der Waals surface area contributed by atoms with Gasteiger partial charge in [0.05, 0.1) is 0 Å². The summed E-state index contributed by atoms with van der Waals surface area (Å²) < 4.78 is 13.0. The lowest BCUT2D eigenvalue weighted by atomic mass is 10.2. The molecule has 2 rings (SSSR count). The number of nitrogens with zero attached hydrogens (tertiary/aromatic N) is 1. The van der Waals surface area contributed by atoms with Crippen molar-refractivity contribution in [3.63, 3.8) is 0 Å². The first kappa shape index (κ1) is 13.9. The summed E-state index contributed by atoms with van der Waals surface area (Å²) in [5.74, 6) is -0.385. The Labute approximate surface area is 117 Å². The van der Waals surface area contributed by atoms with Crippen LogP contribution in [0.15, 0.2) is 48.5 Å². The lowest BCUT2D eigenvalue weighted by Crippen LogP contribution is -2.30. The minimum atomic E-state index is -0.385. The minimum absolute atomic E-state index is 0.299. The third kappa shape index (κ3) is 3.71. The second-order valence-corrected chi connectivity index (χ2v) is 4.54. The number of nitrogens with two attached hydrogens (primary N) is 1. The van der Waals surface area contributed by atoms with Crippen molar-refractivity contribution in [3.8, 4) is 0 Å². The van der Waals surface area contributed by atoms with Gasteiger partial charge in [-0.3, -0.25) is 0 Å². The molecular formula is C15H16FN3O. The molecule has 2 aromatic carbocycles. The van der Waals surface area contributed by atoms with Crippen molar-refractivity contribution in [2.24, 2.45) is 0 Å². The molecule has 3 N–H and O–H groups in total. The van der Waals surface area contributed by atoms with Gasteiger partial charge in [0.15, 0.2) is 0 Å². The predicted molar refractivity (Wildman–Crippen MR) is 77.7 cm³/mol. The number of hydrogen-bond donors (Lipinski definition) is 2. The van der Waals surface area contributed by atoms with E-state index in [0.29, 0.717) is 17.9 Å². The highest BCUT2D eigenvalue weighted by Gasteiger charge is 2.09. The van der Waals surface area contributed by atoms with Crippen molar-refractivity contribution < 1.29 is 9.18 Å². The first-order valence-electron chi connectivity index (χ1n) is 6.17. The molecule has 0 spiro atoms. The van der Waals surface area contributed by atoms with Crippen molar-refractivity contribution >= 4 is 17.4 Å². The molecule has 2 aromatic rings. The van der Waals surface area contributed by atoms with Crippen LogP contribution in [0.25, 0.3) is 0 Å². The molecule has 0 heterocycles. The van der Waals surface area contributed by atoms with Crippen molar-refractivity contribution in [1.82, 2.24) is 4.90 Å². The number of carbonyl (C=O) groups excluding carboxylic acids is 1. The van der Waals surface area contributed by atoms with Crippen LogP contribution < -0.4 is 11.1 Å². The summed E-state index contributed by atoms with van der Waals surface area (Å²) >= 11 is 0. The Morgan fingerprint density at radius 3 is 2.60 bits per heavy atom. The molecule has 20 heavy (non-hydrogen) atoms. The van der Waals surface area contributed by atoms with E-state index < -0.39 is 0 Å². The van der Waals surface area contributed by atoms with E-state index in [1.54, 1.807) is 31.3 Å².